The van der Waals surface area contributed by atoms with Gasteiger partial charge in [0.05, 0.1) is 6.42 Å². The van der Waals surface area contributed by atoms with E-state index in [-0.39, 0.29) is 12.2 Å². The Hall–Kier alpha value is -1.12. The van der Waals surface area contributed by atoms with Crippen LogP contribution in [-0.4, -0.2) is 16.9 Å². The third-order valence-electron chi connectivity index (χ3n) is 1.45. The summed E-state index contributed by atoms with van der Waals surface area (Å²) in [6, 6.07) is 0. The summed E-state index contributed by atoms with van der Waals surface area (Å²) < 4.78 is 0. The van der Waals surface area contributed by atoms with Crippen molar-refractivity contribution in [2.75, 3.05) is 0 Å². The molecule has 1 unspecified atom stereocenters. The van der Waals surface area contributed by atoms with Crippen molar-refractivity contribution in [1.82, 2.24) is 0 Å². The van der Waals surface area contributed by atoms with Crippen molar-refractivity contribution >= 4 is 11.8 Å². The van der Waals surface area contributed by atoms with E-state index in [1.165, 1.54) is 6.92 Å². The molecular weight excluding hydrogens is 144 g/mol. The fraction of sp³-hybridized carbons (Fsp3) is 0.500. The summed E-state index contributed by atoms with van der Waals surface area (Å²) in [6.45, 7) is 4.84. The molecule has 0 aliphatic heterocycles. The number of carboxylic acid groups (broad SMARTS) is 1. The van der Waals surface area contributed by atoms with Crippen LogP contribution in [0.1, 0.15) is 19.8 Å². The SMILES string of the molecule is C=CCC(CC(=O)O)C(C)=O. The fourth-order valence-electron chi connectivity index (χ4n) is 0.805. The lowest BCUT2D eigenvalue weighted by Crippen LogP contribution is -2.14. The van der Waals surface area contributed by atoms with Gasteiger partial charge in [-0.2, -0.15) is 0 Å². The first-order valence-corrected chi connectivity index (χ1v) is 3.41. The van der Waals surface area contributed by atoms with Crippen LogP contribution in [0.3, 0.4) is 0 Å². The minimum atomic E-state index is -0.938. The van der Waals surface area contributed by atoms with E-state index in [1.54, 1.807) is 6.08 Å². The molecule has 0 bridgehead atoms. The van der Waals surface area contributed by atoms with Gasteiger partial charge in [-0.05, 0) is 13.3 Å². The molecule has 3 heteroatoms. The molecular formula is C8H12O3. The Kier molecular flexibility index (Phi) is 4.18. The van der Waals surface area contributed by atoms with E-state index in [1.807, 2.05) is 0 Å². The zero-order valence-electron chi connectivity index (χ0n) is 6.54. The molecule has 1 atom stereocenters. The van der Waals surface area contributed by atoms with Crippen molar-refractivity contribution in [2.45, 2.75) is 19.8 Å². The molecule has 0 aromatic carbocycles. The van der Waals surface area contributed by atoms with Gasteiger partial charge >= 0.3 is 5.97 Å². The van der Waals surface area contributed by atoms with Crippen molar-refractivity contribution in [2.24, 2.45) is 5.92 Å². The zero-order chi connectivity index (χ0) is 8.85. The Morgan fingerprint density at radius 2 is 2.18 bits per heavy atom. The molecule has 0 heterocycles. The predicted octanol–water partition coefficient (Wildman–Crippen LogP) is 1.24. The molecule has 0 rings (SSSR count). The van der Waals surface area contributed by atoms with E-state index in [0.717, 1.165) is 0 Å². The highest BCUT2D eigenvalue weighted by Crippen LogP contribution is 2.09. The monoisotopic (exact) mass is 156 g/mol. The Balaban J connectivity index is 3.99. The molecule has 0 radical (unpaired) electrons. The number of allylic oxidation sites excluding steroid dienone is 1. The molecule has 0 spiro atoms. The lowest BCUT2D eigenvalue weighted by Gasteiger charge is -2.06. The Labute approximate surface area is 65.7 Å². The minimum absolute atomic E-state index is 0.0905. The third kappa shape index (κ3) is 4.31. The fourth-order valence-corrected chi connectivity index (χ4v) is 0.805. The maximum atomic E-state index is 10.8. The largest absolute Gasteiger partial charge is 0.481 e. The standard InChI is InChI=1S/C8H12O3/c1-3-4-7(6(2)9)5-8(10)11/h3,7H,1,4-5H2,2H3,(H,10,11). The van der Waals surface area contributed by atoms with E-state index in [0.29, 0.717) is 6.42 Å². The summed E-state index contributed by atoms with van der Waals surface area (Å²) in [5.41, 5.74) is 0. The number of rotatable bonds is 5. The van der Waals surface area contributed by atoms with E-state index in [2.05, 4.69) is 6.58 Å². The lowest BCUT2D eigenvalue weighted by atomic mass is 9.98. The van der Waals surface area contributed by atoms with Crippen LogP contribution in [0, 0.1) is 5.92 Å². The number of hydrogen-bond donors (Lipinski definition) is 1. The molecule has 1 N–H and O–H groups in total. The first kappa shape index (κ1) is 9.88. The number of aliphatic carboxylic acids is 1. The molecule has 0 amide bonds. The van der Waals surface area contributed by atoms with Gasteiger partial charge in [-0.25, -0.2) is 0 Å². The van der Waals surface area contributed by atoms with Crippen LogP contribution in [-0.2, 0) is 9.59 Å². The number of carboxylic acids is 1. The highest BCUT2D eigenvalue weighted by atomic mass is 16.4. The van der Waals surface area contributed by atoms with Gasteiger partial charge in [-0.15, -0.1) is 6.58 Å². The number of ketones is 1. The van der Waals surface area contributed by atoms with Crippen LogP contribution >= 0.6 is 0 Å². The zero-order valence-corrected chi connectivity index (χ0v) is 6.54. The molecule has 0 aromatic heterocycles. The van der Waals surface area contributed by atoms with Crippen LogP contribution in [0.15, 0.2) is 12.7 Å². The van der Waals surface area contributed by atoms with Gasteiger partial charge in [0.2, 0.25) is 0 Å². The van der Waals surface area contributed by atoms with Gasteiger partial charge in [0.25, 0.3) is 0 Å². The Morgan fingerprint density at radius 3 is 2.45 bits per heavy atom. The van der Waals surface area contributed by atoms with E-state index < -0.39 is 11.9 Å². The topological polar surface area (TPSA) is 54.4 Å². The molecule has 0 fully saturated rings. The van der Waals surface area contributed by atoms with Crippen LogP contribution in [0.25, 0.3) is 0 Å². The summed E-state index contributed by atoms with van der Waals surface area (Å²) in [4.78, 5) is 21.0. The maximum Gasteiger partial charge on any atom is 0.304 e. The number of Topliss-reactive ketones (excluding diaryl/α,β-unsaturated/α-hetero) is 1. The van der Waals surface area contributed by atoms with Crippen LogP contribution in [0.2, 0.25) is 0 Å². The first-order valence-electron chi connectivity index (χ1n) is 3.41. The second-order valence-corrected chi connectivity index (χ2v) is 2.43. The van der Waals surface area contributed by atoms with Crippen LogP contribution < -0.4 is 0 Å². The average Bonchev–Trinajstić information content (AvgIpc) is 1.86. The second-order valence-electron chi connectivity index (χ2n) is 2.43. The van der Waals surface area contributed by atoms with Crippen LogP contribution in [0.5, 0.6) is 0 Å². The van der Waals surface area contributed by atoms with Crippen LogP contribution in [0.4, 0.5) is 0 Å². The highest BCUT2D eigenvalue weighted by molar-refractivity contribution is 5.83. The smallest absolute Gasteiger partial charge is 0.304 e. The summed E-state index contributed by atoms with van der Waals surface area (Å²) in [7, 11) is 0. The van der Waals surface area contributed by atoms with Crippen molar-refractivity contribution in [3.8, 4) is 0 Å². The summed E-state index contributed by atoms with van der Waals surface area (Å²) in [5, 5.41) is 8.37. The van der Waals surface area contributed by atoms with Gasteiger partial charge in [-0.1, -0.05) is 6.08 Å². The number of hydrogen-bond acceptors (Lipinski definition) is 2. The Morgan fingerprint density at radius 1 is 1.64 bits per heavy atom. The summed E-state index contributed by atoms with van der Waals surface area (Å²) >= 11 is 0. The highest BCUT2D eigenvalue weighted by Gasteiger charge is 2.15. The molecule has 62 valence electrons. The molecule has 0 saturated heterocycles. The van der Waals surface area contributed by atoms with E-state index >= 15 is 0 Å². The normalized spacial score (nSPS) is 12.1. The van der Waals surface area contributed by atoms with E-state index in [4.69, 9.17) is 5.11 Å². The summed E-state index contributed by atoms with van der Waals surface area (Å²) in [5.74, 6) is -1.43. The van der Waals surface area contributed by atoms with Crippen molar-refractivity contribution < 1.29 is 14.7 Å². The Bertz CT molecular complexity index is 172. The van der Waals surface area contributed by atoms with E-state index in [9.17, 15) is 9.59 Å². The van der Waals surface area contributed by atoms with Gasteiger partial charge in [0.15, 0.2) is 0 Å². The molecule has 0 aromatic rings. The predicted molar refractivity (Wildman–Crippen MR) is 41.2 cm³/mol. The molecule has 3 nitrogen and oxygen atoms in total. The molecule has 0 saturated carbocycles. The van der Waals surface area contributed by atoms with Gasteiger partial charge in [-0.3, -0.25) is 9.59 Å². The quantitative estimate of drug-likeness (QED) is 0.609. The molecule has 0 aliphatic rings. The number of carbonyl (C=O) groups excluding carboxylic acids is 1. The van der Waals surface area contributed by atoms with Gasteiger partial charge in [0.1, 0.15) is 5.78 Å². The summed E-state index contributed by atoms with van der Waals surface area (Å²) in [6.07, 6.45) is 1.91. The van der Waals surface area contributed by atoms with Crippen molar-refractivity contribution in [3.63, 3.8) is 0 Å². The molecule has 0 aliphatic carbocycles. The van der Waals surface area contributed by atoms with Gasteiger partial charge < -0.3 is 5.11 Å². The van der Waals surface area contributed by atoms with Crippen molar-refractivity contribution in [1.29, 1.82) is 0 Å². The average molecular weight is 156 g/mol. The number of carbonyl (C=O) groups is 2. The lowest BCUT2D eigenvalue weighted by molar-refractivity contribution is -0.140. The second kappa shape index (κ2) is 4.66. The van der Waals surface area contributed by atoms with Gasteiger partial charge in [0, 0.05) is 5.92 Å². The molecule has 11 heavy (non-hydrogen) atoms. The first-order chi connectivity index (χ1) is 5.07. The maximum absolute atomic E-state index is 10.8. The van der Waals surface area contributed by atoms with Crippen molar-refractivity contribution in [3.05, 3.63) is 12.7 Å². The minimum Gasteiger partial charge on any atom is -0.481 e. The third-order valence-corrected chi connectivity index (χ3v) is 1.45.